The lowest BCUT2D eigenvalue weighted by molar-refractivity contribution is 0.0368. The lowest BCUT2D eigenvalue weighted by atomic mass is 9.99. The number of aliphatic hydroxyl groups excluding tert-OH is 1. The normalized spacial score (nSPS) is 17.9. The summed E-state index contributed by atoms with van der Waals surface area (Å²) in [4.78, 5) is 2.42. The van der Waals surface area contributed by atoms with Gasteiger partial charge in [0, 0.05) is 74.1 Å². The van der Waals surface area contributed by atoms with Gasteiger partial charge in [-0.2, -0.15) is 9.40 Å². The molecule has 1 N–H and O–H groups in total. The molecule has 1 saturated heterocycles. The second kappa shape index (κ2) is 10.8. The van der Waals surface area contributed by atoms with Crippen molar-refractivity contribution in [2.75, 3.05) is 52.3 Å². The van der Waals surface area contributed by atoms with Crippen molar-refractivity contribution >= 4 is 21.6 Å². The Balaban J connectivity index is 1.62. The van der Waals surface area contributed by atoms with Gasteiger partial charge in [-0.05, 0) is 37.0 Å². The molecule has 0 saturated carbocycles. The van der Waals surface area contributed by atoms with Crippen LogP contribution in [0.2, 0.25) is 5.02 Å². The first-order valence-corrected chi connectivity index (χ1v) is 13.8. The van der Waals surface area contributed by atoms with E-state index in [-0.39, 0.29) is 6.61 Å². The monoisotopic (exact) mass is 496 g/mol. The fraction of sp³-hybridized carbons (Fsp3) is 0.609. The van der Waals surface area contributed by atoms with E-state index in [1.54, 1.807) is 0 Å². The third kappa shape index (κ3) is 5.96. The summed E-state index contributed by atoms with van der Waals surface area (Å²) in [6.07, 6.45) is 4.21. The van der Waals surface area contributed by atoms with Gasteiger partial charge in [0.15, 0.2) is 0 Å². The minimum atomic E-state index is -3.29. The third-order valence-electron chi connectivity index (χ3n) is 6.44. The van der Waals surface area contributed by atoms with Crippen LogP contribution < -0.4 is 0 Å². The molecule has 0 unspecified atom stereocenters. The molecule has 0 aliphatic carbocycles. The van der Waals surface area contributed by atoms with Gasteiger partial charge in [0.2, 0.25) is 10.0 Å². The Bertz CT molecular complexity index is 1070. The first-order chi connectivity index (χ1) is 15.9. The zero-order valence-corrected chi connectivity index (χ0v) is 20.7. The number of aryl methyl sites for hydroxylation is 2. The number of morpholine rings is 1. The number of nitrogens with zero attached hydrogens (tertiary/aromatic N) is 4. The molecule has 0 atom stereocenters. The second-order valence-corrected chi connectivity index (χ2v) is 11.2. The van der Waals surface area contributed by atoms with Crippen molar-refractivity contribution in [3.05, 3.63) is 40.0 Å². The number of rotatable bonds is 9. The molecule has 2 aliphatic heterocycles. The predicted molar refractivity (Wildman–Crippen MR) is 129 cm³/mol. The van der Waals surface area contributed by atoms with E-state index in [2.05, 4.69) is 9.58 Å². The van der Waals surface area contributed by atoms with Crippen LogP contribution in [0.1, 0.15) is 29.7 Å². The Morgan fingerprint density at radius 1 is 1.15 bits per heavy atom. The summed E-state index contributed by atoms with van der Waals surface area (Å²) in [6.45, 7) is 6.22. The average molecular weight is 497 g/mol. The first kappa shape index (κ1) is 24.6. The molecule has 1 aromatic heterocycles. The summed E-state index contributed by atoms with van der Waals surface area (Å²) in [5, 5.41) is 14.9. The molecule has 33 heavy (non-hydrogen) atoms. The average Bonchev–Trinajstić information content (AvgIpc) is 3.17. The summed E-state index contributed by atoms with van der Waals surface area (Å²) in [7, 11) is -3.29. The Morgan fingerprint density at radius 3 is 2.67 bits per heavy atom. The highest BCUT2D eigenvalue weighted by molar-refractivity contribution is 7.88. The molecule has 4 rings (SSSR count). The summed E-state index contributed by atoms with van der Waals surface area (Å²) < 4.78 is 33.6. The number of ether oxygens (including phenoxy) is 1. The zero-order chi connectivity index (χ0) is 23.4. The Morgan fingerprint density at radius 2 is 1.94 bits per heavy atom. The van der Waals surface area contributed by atoms with E-state index in [1.165, 1.54) is 10.6 Å². The highest BCUT2D eigenvalue weighted by Crippen LogP contribution is 2.33. The molecule has 0 amide bonds. The number of fused-ring (bicyclic) bond motifs is 1. The topological polar surface area (TPSA) is 87.9 Å². The van der Waals surface area contributed by atoms with Crippen molar-refractivity contribution < 1.29 is 18.3 Å². The maximum absolute atomic E-state index is 12.3. The first-order valence-electron chi connectivity index (χ1n) is 11.6. The van der Waals surface area contributed by atoms with Gasteiger partial charge in [-0.1, -0.05) is 17.7 Å². The van der Waals surface area contributed by atoms with Crippen LogP contribution in [0.5, 0.6) is 0 Å². The highest BCUT2D eigenvalue weighted by atomic mass is 35.5. The van der Waals surface area contributed by atoms with Crippen LogP contribution >= 0.6 is 11.6 Å². The lowest BCUT2D eigenvalue weighted by Crippen LogP contribution is -2.37. The standard InChI is InChI=1S/C23H33ClN4O4S/c1-33(30,31)27-10-7-22-20(17-27)23(19-5-6-21(24)18(16-19)4-2-13-29)25-28(22)9-3-8-26-11-14-32-15-12-26/h5-6,16,29H,2-4,7-15,17H2,1H3. The molecule has 0 radical (unpaired) electrons. The molecule has 3 heterocycles. The minimum Gasteiger partial charge on any atom is -0.396 e. The van der Waals surface area contributed by atoms with Gasteiger partial charge in [0.25, 0.3) is 0 Å². The number of aromatic nitrogens is 2. The Kier molecular flexibility index (Phi) is 8.09. The molecular formula is C23H33ClN4O4S. The second-order valence-electron chi connectivity index (χ2n) is 8.78. The van der Waals surface area contributed by atoms with E-state index >= 15 is 0 Å². The van der Waals surface area contributed by atoms with Gasteiger partial charge in [0.1, 0.15) is 0 Å². The number of sulfonamides is 1. The molecule has 1 fully saturated rings. The molecule has 2 aliphatic rings. The van der Waals surface area contributed by atoms with Gasteiger partial charge >= 0.3 is 0 Å². The van der Waals surface area contributed by atoms with Crippen molar-refractivity contribution in [3.8, 4) is 11.3 Å². The molecule has 182 valence electrons. The number of hydrogen-bond donors (Lipinski definition) is 1. The maximum Gasteiger partial charge on any atom is 0.211 e. The number of halogens is 1. The largest absolute Gasteiger partial charge is 0.396 e. The third-order valence-corrected chi connectivity index (χ3v) is 8.06. The summed E-state index contributed by atoms with van der Waals surface area (Å²) in [6, 6.07) is 5.84. The number of hydrogen-bond acceptors (Lipinski definition) is 6. The quantitative estimate of drug-likeness (QED) is 0.572. The lowest BCUT2D eigenvalue weighted by Gasteiger charge is -2.27. The maximum atomic E-state index is 12.3. The summed E-state index contributed by atoms with van der Waals surface area (Å²) >= 11 is 6.39. The van der Waals surface area contributed by atoms with Crippen LogP contribution in [0.25, 0.3) is 11.3 Å². The van der Waals surface area contributed by atoms with Gasteiger partial charge < -0.3 is 9.84 Å². The fourth-order valence-electron chi connectivity index (χ4n) is 4.62. The zero-order valence-electron chi connectivity index (χ0n) is 19.2. The van der Waals surface area contributed by atoms with Crippen LogP contribution in [0.15, 0.2) is 18.2 Å². The van der Waals surface area contributed by atoms with Crippen molar-refractivity contribution in [2.45, 2.75) is 38.8 Å². The highest BCUT2D eigenvalue weighted by Gasteiger charge is 2.29. The van der Waals surface area contributed by atoms with E-state index in [0.717, 1.165) is 73.9 Å². The predicted octanol–water partition coefficient (Wildman–Crippen LogP) is 2.17. The van der Waals surface area contributed by atoms with Gasteiger partial charge in [-0.3, -0.25) is 9.58 Å². The molecule has 10 heteroatoms. The van der Waals surface area contributed by atoms with E-state index in [0.29, 0.717) is 37.4 Å². The molecule has 2 aromatic rings. The van der Waals surface area contributed by atoms with Gasteiger partial charge in [-0.15, -0.1) is 0 Å². The van der Waals surface area contributed by atoms with E-state index in [9.17, 15) is 13.5 Å². The SMILES string of the molecule is CS(=O)(=O)N1CCc2c(c(-c3ccc(Cl)c(CCCO)c3)nn2CCCN2CCOCC2)C1. The van der Waals surface area contributed by atoms with Crippen molar-refractivity contribution in [1.82, 2.24) is 19.0 Å². The number of benzene rings is 1. The van der Waals surface area contributed by atoms with Crippen molar-refractivity contribution in [1.29, 1.82) is 0 Å². The Labute approximate surface area is 201 Å². The van der Waals surface area contributed by atoms with E-state index in [4.69, 9.17) is 21.4 Å². The smallest absolute Gasteiger partial charge is 0.211 e. The molecule has 0 bridgehead atoms. The van der Waals surface area contributed by atoms with Crippen LogP contribution in [-0.2, 0) is 40.7 Å². The van der Waals surface area contributed by atoms with Gasteiger partial charge in [-0.25, -0.2) is 8.42 Å². The van der Waals surface area contributed by atoms with Crippen LogP contribution in [0.4, 0.5) is 0 Å². The molecule has 8 nitrogen and oxygen atoms in total. The van der Waals surface area contributed by atoms with Crippen LogP contribution in [0.3, 0.4) is 0 Å². The van der Waals surface area contributed by atoms with Crippen LogP contribution in [0, 0.1) is 0 Å². The van der Waals surface area contributed by atoms with Crippen molar-refractivity contribution in [2.24, 2.45) is 0 Å². The minimum absolute atomic E-state index is 0.108. The van der Waals surface area contributed by atoms with E-state index in [1.807, 2.05) is 18.2 Å². The summed E-state index contributed by atoms with van der Waals surface area (Å²) in [5.41, 5.74) is 4.83. The van der Waals surface area contributed by atoms with Crippen molar-refractivity contribution in [3.63, 3.8) is 0 Å². The molecule has 1 aromatic carbocycles. The fourth-order valence-corrected chi connectivity index (χ4v) is 5.62. The number of aliphatic hydroxyl groups is 1. The van der Waals surface area contributed by atoms with Gasteiger partial charge in [0.05, 0.1) is 25.2 Å². The van der Waals surface area contributed by atoms with Crippen LogP contribution in [-0.4, -0.2) is 84.8 Å². The summed E-state index contributed by atoms with van der Waals surface area (Å²) in [5.74, 6) is 0. The van der Waals surface area contributed by atoms with E-state index < -0.39 is 10.0 Å². The molecular weight excluding hydrogens is 464 g/mol. The molecule has 0 spiro atoms. The Hall–Kier alpha value is -1.49.